The summed E-state index contributed by atoms with van der Waals surface area (Å²) in [5.41, 5.74) is 7.48. The minimum Gasteiger partial charge on any atom is -0.494 e. The van der Waals surface area contributed by atoms with Crippen molar-refractivity contribution in [3.05, 3.63) is 29.8 Å². The molecular formula is C15H25N3O. The first-order valence-corrected chi connectivity index (χ1v) is 7.09. The number of nitrogens with one attached hydrogen (secondary N) is 1. The molecule has 1 aliphatic rings. The zero-order chi connectivity index (χ0) is 13.7. The van der Waals surface area contributed by atoms with Crippen molar-refractivity contribution in [3.8, 4) is 5.75 Å². The van der Waals surface area contributed by atoms with Crippen molar-refractivity contribution < 1.29 is 4.74 Å². The van der Waals surface area contributed by atoms with Gasteiger partial charge in [0.1, 0.15) is 5.75 Å². The maximum absolute atomic E-state index is 6.30. The molecule has 2 atom stereocenters. The quantitative estimate of drug-likeness (QED) is 0.842. The molecule has 19 heavy (non-hydrogen) atoms. The Balaban J connectivity index is 1.89. The number of hydrogen-bond acceptors (Lipinski definition) is 4. The van der Waals surface area contributed by atoms with Gasteiger partial charge in [-0.1, -0.05) is 12.1 Å². The third-order valence-electron chi connectivity index (χ3n) is 3.62. The van der Waals surface area contributed by atoms with Gasteiger partial charge in [0.25, 0.3) is 0 Å². The molecule has 0 amide bonds. The average molecular weight is 263 g/mol. The largest absolute Gasteiger partial charge is 0.494 e. The van der Waals surface area contributed by atoms with Gasteiger partial charge in [-0.25, -0.2) is 0 Å². The highest BCUT2D eigenvalue weighted by Gasteiger charge is 2.19. The van der Waals surface area contributed by atoms with E-state index in [-0.39, 0.29) is 6.04 Å². The number of hydrogen-bond donors (Lipinski definition) is 2. The smallest absolute Gasteiger partial charge is 0.119 e. The van der Waals surface area contributed by atoms with Gasteiger partial charge in [0.15, 0.2) is 0 Å². The van der Waals surface area contributed by atoms with Crippen LogP contribution in [0.2, 0.25) is 0 Å². The topological polar surface area (TPSA) is 50.5 Å². The molecule has 4 heteroatoms. The highest BCUT2D eigenvalue weighted by atomic mass is 16.5. The average Bonchev–Trinajstić information content (AvgIpc) is 2.40. The summed E-state index contributed by atoms with van der Waals surface area (Å²) in [6, 6.07) is 8.71. The SMILES string of the molecule is CCOc1ccc(C(N)CC2CN(C)CCN2)cc1. The molecule has 1 heterocycles. The third-order valence-corrected chi connectivity index (χ3v) is 3.62. The van der Waals surface area contributed by atoms with E-state index < -0.39 is 0 Å². The Kier molecular flexibility index (Phi) is 5.19. The van der Waals surface area contributed by atoms with Gasteiger partial charge in [0, 0.05) is 31.7 Å². The highest BCUT2D eigenvalue weighted by molar-refractivity contribution is 5.29. The summed E-state index contributed by atoms with van der Waals surface area (Å²) in [7, 11) is 2.16. The van der Waals surface area contributed by atoms with Crippen molar-refractivity contribution in [1.82, 2.24) is 10.2 Å². The number of likely N-dealkylation sites (N-methyl/N-ethyl adjacent to an activating group) is 1. The molecule has 3 N–H and O–H groups in total. The van der Waals surface area contributed by atoms with Crippen molar-refractivity contribution in [2.75, 3.05) is 33.3 Å². The van der Waals surface area contributed by atoms with Gasteiger partial charge in [0.05, 0.1) is 6.61 Å². The summed E-state index contributed by atoms with van der Waals surface area (Å²) >= 11 is 0. The van der Waals surface area contributed by atoms with Crippen molar-refractivity contribution in [2.45, 2.75) is 25.4 Å². The van der Waals surface area contributed by atoms with Gasteiger partial charge in [-0.3, -0.25) is 0 Å². The minimum absolute atomic E-state index is 0.0830. The molecule has 1 saturated heterocycles. The number of piperazine rings is 1. The van der Waals surface area contributed by atoms with Gasteiger partial charge >= 0.3 is 0 Å². The molecule has 0 aromatic heterocycles. The molecule has 106 valence electrons. The first-order valence-electron chi connectivity index (χ1n) is 7.09. The number of ether oxygens (including phenoxy) is 1. The Bertz CT molecular complexity index is 379. The highest BCUT2D eigenvalue weighted by Crippen LogP contribution is 2.20. The standard InChI is InChI=1S/C15H25N3O/c1-3-19-14-6-4-12(5-7-14)15(16)10-13-11-18(2)9-8-17-13/h4-7,13,15,17H,3,8-11,16H2,1-2H3. The molecule has 1 aromatic rings. The van der Waals surface area contributed by atoms with Gasteiger partial charge in [-0.2, -0.15) is 0 Å². The minimum atomic E-state index is 0.0830. The van der Waals surface area contributed by atoms with Gasteiger partial charge < -0.3 is 20.7 Å². The number of nitrogens with zero attached hydrogens (tertiary/aromatic N) is 1. The number of benzene rings is 1. The summed E-state index contributed by atoms with van der Waals surface area (Å²) in [5, 5.41) is 3.54. The molecule has 0 aliphatic carbocycles. The first-order chi connectivity index (χ1) is 9.19. The Morgan fingerprint density at radius 3 is 2.79 bits per heavy atom. The predicted molar refractivity (Wildman–Crippen MR) is 78.4 cm³/mol. The number of rotatable bonds is 5. The maximum atomic E-state index is 6.30. The molecule has 1 fully saturated rings. The summed E-state index contributed by atoms with van der Waals surface area (Å²) in [6.45, 7) is 5.94. The van der Waals surface area contributed by atoms with E-state index in [1.807, 2.05) is 19.1 Å². The van der Waals surface area contributed by atoms with Crippen LogP contribution in [0.4, 0.5) is 0 Å². The summed E-state index contributed by atoms with van der Waals surface area (Å²) in [4.78, 5) is 2.35. The summed E-state index contributed by atoms with van der Waals surface area (Å²) in [6.07, 6.45) is 0.971. The van der Waals surface area contributed by atoms with E-state index >= 15 is 0 Å². The monoisotopic (exact) mass is 263 g/mol. The van der Waals surface area contributed by atoms with E-state index in [2.05, 4.69) is 29.4 Å². The zero-order valence-electron chi connectivity index (χ0n) is 11.9. The molecule has 0 radical (unpaired) electrons. The van der Waals surface area contributed by atoms with Crippen LogP contribution in [-0.4, -0.2) is 44.2 Å². The van der Waals surface area contributed by atoms with Crippen LogP contribution in [0.1, 0.15) is 24.9 Å². The van der Waals surface area contributed by atoms with Crippen LogP contribution in [-0.2, 0) is 0 Å². The molecule has 0 spiro atoms. The molecule has 0 bridgehead atoms. The molecular weight excluding hydrogens is 238 g/mol. The zero-order valence-corrected chi connectivity index (χ0v) is 11.9. The van der Waals surface area contributed by atoms with Crippen molar-refractivity contribution in [3.63, 3.8) is 0 Å². The fourth-order valence-corrected chi connectivity index (χ4v) is 2.57. The lowest BCUT2D eigenvalue weighted by Gasteiger charge is -2.32. The van der Waals surface area contributed by atoms with E-state index in [0.29, 0.717) is 12.6 Å². The van der Waals surface area contributed by atoms with Gasteiger partial charge in [-0.15, -0.1) is 0 Å². The lowest BCUT2D eigenvalue weighted by molar-refractivity contribution is 0.225. The van der Waals surface area contributed by atoms with Crippen molar-refractivity contribution in [2.24, 2.45) is 5.73 Å². The van der Waals surface area contributed by atoms with E-state index in [4.69, 9.17) is 10.5 Å². The van der Waals surface area contributed by atoms with E-state index in [1.165, 1.54) is 5.56 Å². The number of nitrogens with two attached hydrogens (primary N) is 1. The second kappa shape index (κ2) is 6.89. The van der Waals surface area contributed by atoms with Gasteiger partial charge in [0.2, 0.25) is 0 Å². The molecule has 0 saturated carbocycles. The lowest BCUT2D eigenvalue weighted by atomic mass is 9.99. The fraction of sp³-hybridized carbons (Fsp3) is 0.600. The van der Waals surface area contributed by atoms with Crippen LogP contribution in [0.3, 0.4) is 0 Å². The Morgan fingerprint density at radius 1 is 1.42 bits per heavy atom. The van der Waals surface area contributed by atoms with Crippen LogP contribution >= 0.6 is 0 Å². The maximum Gasteiger partial charge on any atom is 0.119 e. The Labute approximate surface area is 115 Å². The second-order valence-electron chi connectivity index (χ2n) is 5.26. The van der Waals surface area contributed by atoms with E-state index in [9.17, 15) is 0 Å². The normalized spacial score (nSPS) is 22.2. The third kappa shape index (κ3) is 4.20. The molecule has 1 aromatic carbocycles. The molecule has 4 nitrogen and oxygen atoms in total. The first kappa shape index (κ1) is 14.3. The van der Waals surface area contributed by atoms with Crippen molar-refractivity contribution >= 4 is 0 Å². The van der Waals surface area contributed by atoms with Gasteiger partial charge in [-0.05, 0) is 38.1 Å². The molecule has 1 aliphatic heterocycles. The summed E-state index contributed by atoms with van der Waals surface area (Å²) in [5.74, 6) is 0.911. The second-order valence-corrected chi connectivity index (χ2v) is 5.26. The van der Waals surface area contributed by atoms with Crippen molar-refractivity contribution in [1.29, 1.82) is 0 Å². The Hall–Kier alpha value is -1.10. The molecule has 2 rings (SSSR count). The van der Waals surface area contributed by atoms with Crippen LogP contribution in [0.15, 0.2) is 24.3 Å². The van der Waals surface area contributed by atoms with E-state index in [0.717, 1.165) is 31.8 Å². The lowest BCUT2D eigenvalue weighted by Crippen LogP contribution is -2.49. The fourth-order valence-electron chi connectivity index (χ4n) is 2.57. The van der Waals surface area contributed by atoms with Crippen LogP contribution in [0.5, 0.6) is 5.75 Å². The molecule has 2 unspecified atom stereocenters. The Morgan fingerprint density at radius 2 is 2.16 bits per heavy atom. The van der Waals surface area contributed by atoms with Crippen LogP contribution < -0.4 is 15.8 Å². The summed E-state index contributed by atoms with van der Waals surface area (Å²) < 4.78 is 5.44. The predicted octanol–water partition coefficient (Wildman–Crippen LogP) is 1.38. The van der Waals surface area contributed by atoms with Crippen LogP contribution in [0.25, 0.3) is 0 Å². The van der Waals surface area contributed by atoms with E-state index in [1.54, 1.807) is 0 Å². The van der Waals surface area contributed by atoms with Crippen LogP contribution in [0, 0.1) is 0 Å².